The van der Waals surface area contributed by atoms with Gasteiger partial charge < -0.3 is 0 Å². The van der Waals surface area contributed by atoms with E-state index in [0.29, 0.717) is 0 Å². The van der Waals surface area contributed by atoms with Crippen molar-refractivity contribution in [3.63, 3.8) is 0 Å². The van der Waals surface area contributed by atoms with Crippen molar-refractivity contribution in [2.24, 2.45) is 23.7 Å². The molecule has 0 radical (unpaired) electrons. The van der Waals surface area contributed by atoms with Crippen molar-refractivity contribution in [1.29, 1.82) is 0 Å². The second kappa shape index (κ2) is 14.9. The Morgan fingerprint density at radius 1 is 0.600 bits per heavy atom. The first-order valence-corrected chi connectivity index (χ1v) is 13.2. The number of hydrogen-bond acceptors (Lipinski definition) is 0. The smallest absolute Gasteiger partial charge is 0.00969 e. The molecule has 0 N–H and O–H groups in total. The molecule has 0 spiro atoms. The highest BCUT2D eigenvalue weighted by atomic mass is 14.2. The SMILES string of the molecule is CCCC(C)C1=CC=C(C(C)CCC)C1.CCCC(C)C1=CCC(C(C)CCC)=C1. The van der Waals surface area contributed by atoms with Crippen LogP contribution in [0.3, 0.4) is 0 Å². The molecule has 0 bridgehead atoms. The summed E-state index contributed by atoms with van der Waals surface area (Å²) < 4.78 is 0. The highest BCUT2D eigenvalue weighted by Crippen LogP contribution is 2.33. The third kappa shape index (κ3) is 8.99. The first-order valence-electron chi connectivity index (χ1n) is 13.2. The van der Waals surface area contributed by atoms with Crippen LogP contribution in [0.4, 0.5) is 0 Å². The molecule has 2 aliphatic rings. The average Bonchev–Trinajstić information content (AvgIpc) is 3.39. The van der Waals surface area contributed by atoms with Gasteiger partial charge in [-0.15, -0.1) is 0 Å². The Morgan fingerprint density at radius 3 is 1.43 bits per heavy atom. The second-order valence-electron chi connectivity index (χ2n) is 10.0. The minimum atomic E-state index is 0.765. The van der Waals surface area contributed by atoms with E-state index in [1.807, 2.05) is 0 Å². The quantitative estimate of drug-likeness (QED) is 0.299. The maximum atomic E-state index is 2.47. The molecule has 0 heteroatoms. The highest BCUT2D eigenvalue weighted by Gasteiger charge is 2.17. The van der Waals surface area contributed by atoms with Gasteiger partial charge in [0.2, 0.25) is 0 Å². The molecule has 2 aliphatic carbocycles. The van der Waals surface area contributed by atoms with Crippen molar-refractivity contribution in [2.75, 3.05) is 0 Å². The zero-order chi connectivity index (χ0) is 22.5. The van der Waals surface area contributed by atoms with Crippen LogP contribution < -0.4 is 0 Å². The van der Waals surface area contributed by atoms with Crippen LogP contribution in [0, 0.1) is 23.7 Å². The molecule has 0 saturated heterocycles. The highest BCUT2D eigenvalue weighted by molar-refractivity contribution is 5.35. The molecule has 0 amide bonds. The molecule has 2 rings (SSSR count). The summed E-state index contributed by atoms with van der Waals surface area (Å²) in [6.45, 7) is 18.6. The molecule has 4 atom stereocenters. The van der Waals surface area contributed by atoms with Crippen molar-refractivity contribution in [3.8, 4) is 0 Å². The second-order valence-corrected chi connectivity index (χ2v) is 10.0. The van der Waals surface area contributed by atoms with Crippen LogP contribution in [0.1, 0.15) is 120 Å². The zero-order valence-electron chi connectivity index (χ0n) is 21.7. The maximum Gasteiger partial charge on any atom is -0.00969 e. The monoisotopic (exact) mass is 412 g/mol. The van der Waals surface area contributed by atoms with Gasteiger partial charge in [-0.2, -0.15) is 0 Å². The summed E-state index contributed by atoms with van der Waals surface area (Å²) in [5.74, 6) is 3.13. The topological polar surface area (TPSA) is 0 Å². The van der Waals surface area contributed by atoms with Crippen LogP contribution in [-0.4, -0.2) is 0 Å². The lowest BCUT2D eigenvalue weighted by atomic mass is 9.89. The van der Waals surface area contributed by atoms with E-state index in [1.165, 1.54) is 64.2 Å². The molecule has 0 aliphatic heterocycles. The molecule has 0 saturated carbocycles. The summed E-state index contributed by atoms with van der Waals surface area (Å²) in [4.78, 5) is 0. The van der Waals surface area contributed by atoms with Crippen LogP contribution in [0.25, 0.3) is 0 Å². The van der Waals surface area contributed by atoms with Gasteiger partial charge in [-0.1, -0.05) is 122 Å². The van der Waals surface area contributed by atoms with Crippen LogP contribution in [0.2, 0.25) is 0 Å². The summed E-state index contributed by atoms with van der Waals surface area (Å²) in [6.07, 6.45) is 22.7. The maximum absolute atomic E-state index is 2.47. The van der Waals surface area contributed by atoms with Gasteiger partial charge in [0.25, 0.3) is 0 Å². The number of hydrogen-bond donors (Lipinski definition) is 0. The third-order valence-corrected chi connectivity index (χ3v) is 7.20. The van der Waals surface area contributed by atoms with Gasteiger partial charge in [-0.3, -0.25) is 0 Å². The Bertz CT molecular complexity index is 572. The first kappa shape index (κ1) is 27.0. The Hall–Kier alpha value is -1.04. The van der Waals surface area contributed by atoms with Crippen LogP contribution in [-0.2, 0) is 0 Å². The van der Waals surface area contributed by atoms with Crippen LogP contribution in [0.15, 0.2) is 46.6 Å². The van der Waals surface area contributed by atoms with E-state index in [9.17, 15) is 0 Å². The van der Waals surface area contributed by atoms with E-state index in [1.54, 1.807) is 22.3 Å². The molecule has 0 fully saturated rings. The lowest BCUT2D eigenvalue weighted by Crippen LogP contribution is -2.02. The van der Waals surface area contributed by atoms with Crippen molar-refractivity contribution in [3.05, 3.63) is 46.6 Å². The number of allylic oxidation sites excluding steroid dienone is 8. The van der Waals surface area contributed by atoms with E-state index >= 15 is 0 Å². The van der Waals surface area contributed by atoms with Crippen molar-refractivity contribution in [2.45, 2.75) is 120 Å². The molecular formula is C30H52. The summed E-state index contributed by atoms with van der Waals surface area (Å²) in [5, 5.41) is 0. The van der Waals surface area contributed by atoms with Gasteiger partial charge in [-0.05, 0) is 67.8 Å². The van der Waals surface area contributed by atoms with Gasteiger partial charge in [0.05, 0.1) is 0 Å². The summed E-state index contributed by atoms with van der Waals surface area (Å²) in [7, 11) is 0. The largest absolute Gasteiger partial charge is 0.0770 e. The van der Waals surface area contributed by atoms with Gasteiger partial charge in [0.1, 0.15) is 0 Å². The van der Waals surface area contributed by atoms with E-state index in [-0.39, 0.29) is 0 Å². The molecule has 0 nitrogen and oxygen atoms in total. The molecule has 0 aromatic rings. The minimum Gasteiger partial charge on any atom is -0.0770 e. The van der Waals surface area contributed by atoms with Crippen molar-refractivity contribution < 1.29 is 0 Å². The molecule has 172 valence electrons. The first-order chi connectivity index (χ1) is 14.4. The zero-order valence-corrected chi connectivity index (χ0v) is 21.7. The Morgan fingerprint density at radius 2 is 1.00 bits per heavy atom. The van der Waals surface area contributed by atoms with E-state index < -0.39 is 0 Å². The van der Waals surface area contributed by atoms with E-state index in [2.05, 4.69) is 79.7 Å². The molecular weight excluding hydrogens is 360 g/mol. The van der Waals surface area contributed by atoms with E-state index in [0.717, 1.165) is 23.7 Å². The summed E-state index contributed by atoms with van der Waals surface area (Å²) in [6, 6.07) is 0. The molecule has 30 heavy (non-hydrogen) atoms. The fourth-order valence-electron chi connectivity index (χ4n) is 4.95. The minimum absolute atomic E-state index is 0.765. The Kier molecular flexibility index (Phi) is 13.4. The molecule has 0 heterocycles. The lowest BCUT2D eigenvalue weighted by Gasteiger charge is -2.16. The molecule has 0 aromatic carbocycles. The van der Waals surface area contributed by atoms with Crippen LogP contribution >= 0.6 is 0 Å². The predicted molar refractivity (Wildman–Crippen MR) is 138 cm³/mol. The standard InChI is InChI=1S/2C15H26/c2*1-5-7-12(3)14-9-10-15(11-14)13(4)8-6-2/h9,11-13H,5-8,10H2,1-4H3;9-10,12-13H,5-8,11H2,1-4H3. The molecule has 0 aromatic heterocycles. The van der Waals surface area contributed by atoms with Crippen LogP contribution in [0.5, 0.6) is 0 Å². The van der Waals surface area contributed by atoms with Crippen molar-refractivity contribution in [1.82, 2.24) is 0 Å². The molecule has 4 unspecified atom stereocenters. The fraction of sp³-hybridized carbons (Fsp3) is 0.733. The van der Waals surface area contributed by atoms with Crippen molar-refractivity contribution >= 4 is 0 Å². The average molecular weight is 413 g/mol. The summed E-state index contributed by atoms with van der Waals surface area (Å²) >= 11 is 0. The van der Waals surface area contributed by atoms with Gasteiger partial charge in [0, 0.05) is 0 Å². The Balaban J connectivity index is 0.000000300. The number of rotatable bonds is 12. The van der Waals surface area contributed by atoms with Gasteiger partial charge in [0.15, 0.2) is 0 Å². The third-order valence-electron chi connectivity index (χ3n) is 7.20. The van der Waals surface area contributed by atoms with E-state index in [4.69, 9.17) is 0 Å². The normalized spacial score (nSPS) is 19.7. The predicted octanol–water partition coefficient (Wildman–Crippen LogP) is 10.2. The summed E-state index contributed by atoms with van der Waals surface area (Å²) in [5.41, 5.74) is 6.58. The van der Waals surface area contributed by atoms with Gasteiger partial charge in [-0.25, -0.2) is 0 Å². The fourth-order valence-corrected chi connectivity index (χ4v) is 4.95. The lowest BCUT2D eigenvalue weighted by molar-refractivity contribution is 0.560. The Labute approximate surface area is 190 Å². The van der Waals surface area contributed by atoms with Gasteiger partial charge >= 0.3 is 0 Å².